The van der Waals surface area contributed by atoms with E-state index in [9.17, 15) is 9.59 Å². The third-order valence-corrected chi connectivity index (χ3v) is 3.36. The highest BCUT2D eigenvalue weighted by Gasteiger charge is 2.14. The molecule has 1 unspecified atom stereocenters. The molecule has 1 atom stereocenters. The fraction of sp³-hybridized carbons (Fsp3) is 0.400. The van der Waals surface area contributed by atoms with Crippen molar-refractivity contribution >= 4 is 22.8 Å². The number of carbonyl (C=O) groups excluding carboxylic acids is 1. The van der Waals surface area contributed by atoms with Crippen molar-refractivity contribution in [1.82, 2.24) is 15.1 Å². The van der Waals surface area contributed by atoms with Gasteiger partial charge in [0.15, 0.2) is 0 Å². The van der Waals surface area contributed by atoms with Crippen molar-refractivity contribution in [3.05, 3.63) is 30.0 Å². The zero-order valence-corrected chi connectivity index (χ0v) is 12.2. The molecule has 2 aromatic rings. The highest BCUT2D eigenvalue weighted by atomic mass is 16.4. The van der Waals surface area contributed by atoms with Gasteiger partial charge in [-0.3, -0.25) is 14.3 Å². The Hall–Kier alpha value is -2.37. The summed E-state index contributed by atoms with van der Waals surface area (Å²) in [6, 6.07) is 7.59. The first-order valence-corrected chi connectivity index (χ1v) is 6.89. The number of aromatic nitrogens is 2. The van der Waals surface area contributed by atoms with Gasteiger partial charge in [-0.2, -0.15) is 5.10 Å². The van der Waals surface area contributed by atoms with E-state index in [-0.39, 0.29) is 24.8 Å². The van der Waals surface area contributed by atoms with Crippen LogP contribution in [-0.2, 0) is 23.1 Å². The highest BCUT2D eigenvalue weighted by molar-refractivity contribution is 5.87. The zero-order chi connectivity index (χ0) is 15.4. The first-order valence-electron chi connectivity index (χ1n) is 6.89. The van der Waals surface area contributed by atoms with Crippen LogP contribution in [0.15, 0.2) is 24.3 Å². The summed E-state index contributed by atoms with van der Waals surface area (Å²) in [5.41, 5.74) is 1.72. The average Bonchev–Trinajstić information content (AvgIpc) is 2.74. The average molecular weight is 289 g/mol. The van der Waals surface area contributed by atoms with Crippen LogP contribution in [0.3, 0.4) is 0 Å². The van der Waals surface area contributed by atoms with E-state index in [1.807, 2.05) is 31.3 Å². The number of para-hydroxylation sites is 1. The van der Waals surface area contributed by atoms with Crippen molar-refractivity contribution < 1.29 is 14.7 Å². The van der Waals surface area contributed by atoms with Crippen LogP contribution in [0.25, 0.3) is 10.9 Å². The second-order valence-electron chi connectivity index (χ2n) is 5.17. The van der Waals surface area contributed by atoms with E-state index in [4.69, 9.17) is 5.11 Å². The van der Waals surface area contributed by atoms with Gasteiger partial charge in [0.25, 0.3) is 0 Å². The molecule has 1 heterocycles. The van der Waals surface area contributed by atoms with Crippen molar-refractivity contribution in [2.45, 2.75) is 32.2 Å². The minimum absolute atomic E-state index is 0.0496. The number of benzene rings is 1. The maximum absolute atomic E-state index is 12.0. The molecule has 6 heteroatoms. The fourth-order valence-corrected chi connectivity index (χ4v) is 2.31. The van der Waals surface area contributed by atoms with Gasteiger partial charge in [0.1, 0.15) is 0 Å². The molecule has 0 saturated carbocycles. The van der Waals surface area contributed by atoms with Crippen LogP contribution in [0.1, 0.15) is 25.5 Å². The van der Waals surface area contributed by atoms with Gasteiger partial charge in [-0.25, -0.2) is 0 Å². The maximum Gasteiger partial charge on any atom is 0.303 e. The number of hydrogen-bond donors (Lipinski definition) is 2. The Bertz CT molecular complexity index is 663. The smallest absolute Gasteiger partial charge is 0.303 e. The molecule has 2 N–H and O–H groups in total. The molecule has 0 spiro atoms. The Morgan fingerprint density at radius 2 is 2.10 bits per heavy atom. The van der Waals surface area contributed by atoms with Crippen LogP contribution in [0.5, 0.6) is 0 Å². The van der Waals surface area contributed by atoms with Crippen LogP contribution in [-0.4, -0.2) is 32.8 Å². The molecular formula is C15H19N3O3. The number of nitrogens with zero attached hydrogens (tertiary/aromatic N) is 2. The van der Waals surface area contributed by atoms with E-state index in [0.29, 0.717) is 6.42 Å². The van der Waals surface area contributed by atoms with E-state index in [1.165, 1.54) is 0 Å². The monoisotopic (exact) mass is 289 g/mol. The molecule has 112 valence electrons. The molecule has 1 aromatic heterocycles. The largest absolute Gasteiger partial charge is 0.481 e. The molecule has 0 aliphatic heterocycles. The third kappa shape index (κ3) is 3.81. The summed E-state index contributed by atoms with van der Waals surface area (Å²) in [7, 11) is 1.85. The summed E-state index contributed by atoms with van der Waals surface area (Å²) in [5.74, 6) is -0.997. The summed E-state index contributed by atoms with van der Waals surface area (Å²) in [6.45, 7) is 1.80. The van der Waals surface area contributed by atoms with Gasteiger partial charge >= 0.3 is 5.97 Å². The molecule has 0 bridgehead atoms. The normalized spacial score (nSPS) is 12.3. The summed E-state index contributed by atoms with van der Waals surface area (Å²) in [5, 5.41) is 16.8. The molecule has 1 amide bonds. The van der Waals surface area contributed by atoms with E-state index >= 15 is 0 Å². The first-order chi connectivity index (χ1) is 9.97. The van der Waals surface area contributed by atoms with Crippen molar-refractivity contribution in [2.75, 3.05) is 0 Å². The summed E-state index contributed by atoms with van der Waals surface area (Å²) in [6.07, 6.45) is 0.663. The molecule has 2 rings (SSSR count). The van der Waals surface area contributed by atoms with Crippen molar-refractivity contribution in [1.29, 1.82) is 0 Å². The minimum atomic E-state index is -0.855. The number of amides is 1. The zero-order valence-electron chi connectivity index (χ0n) is 12.2. The Balaban J connectivity index is 2.00. The van der Waals surface area contributed by atoms with Gasteiger partial charge in [-0.1, -0.05) is 18.2 Å². The number of carboxylic acid groups (broad SMARTS) is 1. The van der Waals surface area contributed by atoms with Crippen LogP contribution in [0, 0.1) is 0 Å². The molecule has 0 aliphatic carbocycles. The molecule has 21 heavy (non-hydrogen) atoms. The van der Waals surface area contributed by atoms with Crippen molar-refractivity contribution in [3.63, 3.8) is 0 Å². The van der Waals surface area contributed by atoms with Gasteiger partial charge in [0, 0.05) is 24.9 Å². The van der Waals surface area contributed by atoms with E-state index in [2.05, 4.69) is 10.4 Å². The lowest BCUT2D eigenvalue weighted by atomic mass is 10.1. The second kappa shape index (κ2) is 6.39. The van der Waals surface area contributed by atoms with Crippen LogP contribution in [0.4, 0.5) is 0 Å². The number of carboxylic acids is 1. The number of nitrogens with one attached hydrogen (secondary N) is 1. The maximum atomic E-state index is 12.0. The lowest BCUT2D eigenvalue weighted by Crippen LogP contribution is -2.34. The molecular weight excluding hydrogens is 270 g/mol. The van der Waals surface area contributed by atoms with Crippen molar-refractivity contribution in [3.8, 4) is 0 Å². The summed E-state index contributed by atoms with van der Waals surface area (Å²) >= 11 is 0. The molecule has 0 aliphatic rings. The minimum Gasteiger partial charge on any atom is -0.481 e. The Morgan fingerprint density at radius 1 is 1.38 bits per heavy atom. The van der Waals surface area contributed by atoms with E-state index < -0.39 is 5.97 Å². The lowest BCUT2D eigenvalue weighted by molar-refractivity contribution is -0.137. The molecule has 1 aromatic carbocycles. The third-order valence-electron chi connectivity index (χ3n) is 3.36. The van der Waals surface area contributed by atoms with Crippen molar-refractivity contribution in [2.24, 2.45) is 7.05 Å². The van der Waals surface area contributed by atoms with Crippen LogP contribution >= 0.6 is 0 Å². The predicted molar refractivity (Wildman–Crippen MR) is 78.9 cm³/mol. The summed E-state index contributed by atoms with van der Waals surface area (Å²) < 4.78 is 1.76. The standard InChI is InChI=1S/C15H19N3O3/c1-10(7-8-15(20)21)16-14(19)9-12-11-5-3-4-6-13(11)18(2)17-12/h3-6,10H,7-9H2,1-2H3,(H,16,19)(H,20,21). The number of hydrogen-bond acceptors (Lipinski definition) is 3. The number of fused-ring (bicyclic) bond motifs is 1. The van der Waals surface area contributed by atoms with Gasteiger partial charge in [0.05, 0.1) is 17.6 Å². The number of aliphatic carboxylic acids is 1. The topological polar surface area (TPSA) is 84.2 Å². The Kier molecular flexibility index (Phi) is 4.57. The quantitative estimate of drug-likeness (QED) is 0.843. The molecule has 6 nitrogen and oxygen atoms in total. The predicted octanol–water partition coefficient (Wildman–Crippen LogP) is 1.49. The van der Waals surface area contributed by atoms with Gasteiger partial charge in [0.2, 0.25) is 5.91 Å². The lowest BCUT2D eigenvalue weighted by Gasteiger charge is -2.12. The molecule has 0 fully saturated rings. The van der Waals surface area contributed by atoms with Gasteiger partial charge in [-0.05, 0) is 19.4 Å². The van der Waals surface area contributed by atoms with E-state index in [1.54, 1.807) is 11.6 Å². The SMILES string of the molecule is CC(CCC(=O)O)NC(=O)Cc1nn(C)c2ccccc12. The van der Waals surface area contributed by atoms with Crippen LogP contribution < -0.4 is 5.32 Å². The van der Waals surface area contributed by atoms with Gasteiger partial charge < -0.3 is 10.4 Å². The Morgan fingerprint density at radius 3 is 2.81 bits per heavy atom. The second-order valence-corrected chi connectivity index (χ2v) is 5.17. The summed E-state index contributed by atoms with van der Waals surface area (Å²) in [4.78, 5) is 22.5. The van der Waals surface area contributed by atoms with Gasteiger partial charge in [-0.15, -0.1) is 0 Å². The number of aryl methyl sites for hydroxylation is 1. The highest BCUT2D eigenvalue weighted by Crippen LogP contribution is 2.17. The molecule has 0 radical (unpaired) electrons. The molecule has 0 saturated heterocycles. The van der Waals surface area contributed by atoms with E-state index in [0.717, 1.165) is 16.6 Å². The Labute approximate surface area is 122 Å². The fourth-order valence-electron chi connectivity index (χ4n) is 2.31. The number of rotatable bonds is 6. The van der Waals surface area contributed by atoms with Crippen LogP contribution in [0.2, 0.25) is 0 Å². The first kappa shape index (κ1) is 15.0. The number of carbonyl (C=O) groups is 2.